The molecule has 1 saturated heterocycles. The van der Waals surface area contributed by atoms with Crippen molar-refractivity contribution < 1.29 is 14.1 Å². The van der Waals surface area contributed by atoms with Crippen molar-refractivity contribution in [2.24, 2.45) is 0 Å². The molecular formula is C13H20BNO3. The van der Waals surface area contributed by atoms with Crippen LogP contribution in [0.4, 0.5) is 0 Å². The summed E-state index contributed by atoms with van der Waals surface area (Å²) in [6, 6.07) is 0. The molecule has 18 heavy (non-hydrogen) atoms. The highest BCUT2D eigenvalue weighted by Crippen LogP contribution is 2.38. The predicted octanol–water partition coefficient (Wildman–Crippen LogP) is 2.27. The van der Waals surface area contributed by atoms with E-state index in [4.69, 9.17) is 9.31 Å². The minimum atomic E-state index is -0.471. The fourth-order valence-electron chi connectivity index (χ4n) is 1.88. The lowest BCUT2D eigenvalue weighted by molar-refractivity contribution is -0.113. The van der Waals surface area contributed by atoms with Crippen molar-refractivity contribution in [3.63, 3.8) is 0 Å². The summed E-state index contributed by atoms with van der Waals surface area (Å²) in [5, 5.41) is 0. The second-order valence-electron chi connectivity index (χ2n) is 5.81. The van der Waals surface area contributed by atoms with E-state index in [0.29, 0.717) is 6.42 Å². The van der Waals surface area contributed by atoms with Crippen molar-refractivity contribution >= 4 is 13.0 Å². The topological polar surface area (TPSA) is 38.8 Å². The summed E-state index contributed by atoms with van der Waals surface area (Å²) in [5.41, 5.74) is 0.0348. The Balaban J connectivity index is 2.17. The summed E-state index contributed by atoms with van der Waals surface area (Å²) in [6.07, 6.45) is 6.33. The molecule has 2 aliphatic rings. The van der Waals surface area contributed by atoms with E-state index in [0.717, 1.165) is 5.57 Å². The van der Waals surface area contributed by atoms with Crippen LogP contribution in [0.25, 0.3) is 0 Å². The van der Waals surface area contributed by atoms with Crippen molar-refractivity contribution in [1.29, 1.82) is 0 Å². The van der Waals surface area contributed by atoms with E-state index in [1.807, 2.05) is 51.0 Å². The third-order valence-corrected chi connectivity index (χ3v) is 3.86. The van der Waals surface area contributed by atoms with Gasteiger partial charge in [-0.3, -0.25) is 4.79 Å². The van der Waals surface area contributed by atoms with Gasteiger partial charge in [-0.05, 0) is 47.2 Å². The van der Waals surface area contributed by atoms with Gasteiger partial charge in [0.25, 0.3) is 0 Å². The van der Waals surface area contributed by atoms with Gasteiger partial charge in [-0.1, -0.05) is 6.08 Å². The molecule has 1 fully saturated rings. The van der Waals surface area contributed by atoms with Crippen molar-refractivity contribution in [1.82, 2.24) is 4.81 Å². The number of Topliss-reactive ketones (excluding diaryl/α,β-unsaturated/α-hetero) is 1. The maximum Gasteiger partial charge on any atom is 0.598 e. The second kappa shape index (κ2) is 4.25. The molecule has 0 N–H and O–H groups in total. The van der Waals surface area contributed by atoms with Gasteiger partial charge in [0.1, 0.15) is 0 Å². The minimum absolute atomic E-state index is 0.0841. The molecule has 4 nitrogen and oxygen atoms in total. The third kappa shape index (κ3) is 2.25. The molecule has 2 rings (SSSR count). The zero-order valence-electron chi connectivity index (χ0n) is 11.7. The highest BCUT2D eigenvalue weighted by molar-refractivity contribution is 6.43. The van der Waals surface area contributed by atoms with Crippen LogP contribution in [0.3, 0.4) is 0 Å². The molecule has 0 radical (unpaired) electrons. The Bertz CT molecular complexity index is 410. The monoisotopic (exact) mass is 249 g/mol. The highest BCUT2D eigenvalue weighted by Gasteiger charge is 2.53. The number of carbonyl (C=O) groups is 1. The van der Waals surface area contributed by atoms with Crippen molar-refractivity contribution in [3.8, 4) is 0 Å². The molecule has 2 aliphatic heterocycles. The zero-order chi connectivity index (χ0) is 13.6. The minimum Gasteiger partial charge on any atom is -0.384 e. The van der Waals surface area contributed by atoms with Gasteiger partial charge in [-0.25, -0.2) is 0 Å². The van der Waals surface area contributed by atoms with E-state index in [9.17, 15) is 4.79 Å². The Morgan fingerprint density at radius 3 is 2.33 bits per heavy atom. The van der Waals surface area contributed by atoms with E-state index >= 15 is 0 Å². The second-order valence-corrected chi connectivity index (χ2v) is 5.81. The number of hydrogen-bond acceptors (Lipinski definition) is 4. The largest absolute Gasteiger partial charge is 0.598 e. The first-order chi connectivity index (χ1) is 8.23. The van der Waals surface area contributed by atoms with Crippen molar-refractivity contribution in [2.45, 2.75) is 52.2 Å². The molecule has 5 heteroatoms. The van der Waals surface area contributed by atoms with Gasteiger partial charge < -0.3 is 14.1 Å². The maximum atomic E-state index is 11.4. The first-order valence-corrected chi connectivity index (χ1v) is 6.24. The molecule has 0 aromatic heterocycles. The molecular weight excluding hydrogens is 229 g/mol. The molecule has 0 aliphatic carbocycles. The number of ketones is 1. The average Bonchev–Trinajstić information content (AvgIpc) is 2.48. The summed E-state index contributed by atoms with van der Waals surface area (Å²) >= 11 is 0. The summed E-state index contributed by atoms with van der Waals surface area (Å²) in [6.45, 7) is 9.62. The number of carbonyl (C=O) groups excluding carboxylic acids is 1. The Labute approximate surface area is 109 Å². The Morgan fingerprint density at radius 2 is 1.83 bits per heavy atom. The van der Waals surface area contributed by atoms with Crippen molar-refractivity contribution in [3.05, 3.63) is 24.0 Å². The smallest absolute Gasteiger partial charge is 0.384 e. The van der Waals surface area contributed by atoms with E-state index < -0.39 is 7.25 Å². The van der Waals surface area contributed by atoms with Crippen molar-refractivity contribution in [2.75, 3.05) is 0 Å². The maximum absolute atomic E-state index is 11.4. The zero-order valence-corrected chi connectivity index (χ0v) is 11.7. The Kier molecular flexibility index (Phi) is 3.15. The van der Waals surface area contributed by atoms with Crippen LogP contribution in [0, 0.1) is 0 Å². The van der Waals surface area contributed by atoms with Crippen LogP contribution in [0.1, 0.15) is 41.0 Å². The van der Waals surface area contributed by atoms with E-state index in [-0.39, 0.29) is 17.0 Å². The van der Waals surface area contributed by atoms with Gasteiger partial charge in [-0.15, -0.1) is 0 Å². The summed E-state index contributed by atoms with van der Waals surface area (Å²) in [4.78, 5) is 13.2. The first-order valence-electron chi connectivity index (χ1n) is 6.24. The average molecular weight is 249 g/mol. The quantitative estimate of drug-likeness (QED) is 0.703. The van der Waals surface area contributed by atoms with Crippen LogP contribution in [0.5, 0.6) is 0 Å². The van der Waals surface area contributed by atoms with Gasteiger partial charge in [0, 0.05) is 11.8 Å². The molecule has 0 aromatic rings. The summed E-state index contributed by atoms with van der Waals surface area (Å²) in [5.74, 6) is 0.0841. The molecule has 0 atom stereocenters. The summed E-state index contributed by atoms with van der Waals surface area (Å²) < 4.78 is 11.9. The molecule has 98 valence electrons. The lowest BCUT2D eigenvalue weighted by Gasteiger charge is -2.32. The Hall–Kier alpha value is -1.07. The highest BCUT2D eigenvalue weighted by atomic mass is 16.7. The normalized spacial score (nSPS) is 25.3. The molecule has 0 unspecified atom stereocenters. The van der Waals surface area contributed by atoms with Gasteiger partial charge in [0.2, 0.25) is 0 Å². The first kappa shape index (κ1) is 13.4. The molecule has 0 amide bonds. The van der Waals surface area contributed by atoms with Crippen LogP contribution in [-0.2, 0) is 14.1 Å². The number of rotatable bonds is 2. The molecule has 2 heterocycles. The van der Waals surface area contributed by atoms with E-state index in [1.165, 1.54) is 0 Å². The SMILES string of the molecule is CC(=O)C1=CN(B2OC(C)(C)C(C)(C)O2)C=CC1. The number of hydrogen-bond donors (Lipinski definition) is 0. The molecule has 0 bridgehead atoms. The van der Waals surface area contributed by atoms with Gasteiger partial charge >= 0.3 is 7.25 Å². The van der Waals surface area contributed by atoms with Gasteiger partial charge in [0.15, 0.2) is 5.78 Å². The number of nitrogens with zero attached hydrogens (tertiary/aromatic N) is 1. The lowest BCUT2D eigenvalue weighted by Crippen LogP contribution is -2.41. The van der Waals surface area contributed by atoms with Crippen LogP contribution in [0.15, 0.2) is 24.0 Å². The molecule has 0 spiro atoms. The van der Waals surface area contributed by atoms with E-state index in [1.54, 1.807) is 6.92 Å². The van der Waals surface area contributed by atoms with Crippen LogP contribution in [0.2, 0.25) is 0 Å². The molecule has 0 aromatic carbocycles. The number of allylic oxidation sites excluding steroid dienone is 2. The van der Waals surface area contributed by atoms with Gasteiger partial charge in [-0.2, -0.15) is 0 Å². The fourth-order valence-corrected chi connectivity index (χ4v) is 1.88. The fraction of sp³-hybridized carbons (Fsp3) is 0.615. The predicted molar refractivity (Wildman–Crippen MR) is 70.4 cm³/mol. The summed E-state index contributed by atoms with van der Waals surface area (Å²) in [7, 11) is -0.471. The van der Waals surface area contributed by atoms with Crippen LogP contribution < -0.4 is 0 Å². The Morgan fingerprint density at radius 1 is 1.28 bits per heavy atom. The van der Waals surface area contributed by atoms with E-state index in [2.05, 4.69) is 0 Å². The van der Waals surface area contributed by atoms with Gasteiger partial charge in [0.05, 0.1) is 11.2 Å². The lowest BCUT2D eigenvalue weighted by atomic mass is 9.90. The standard InChI is InChI=1S/C13H20BNO3/c1-10(16)11-7-6-8-15(9-11)14-17-12(2,3)13(4,5)18-14/h6,8-9H,7H2,1-5H3. The van der Waals surface area contributed by atoms with Crippen LogP contribution >= 0.6 is 0 Å². The third-order valence-electron chi connectivity index (χ3n) is 3.86. The van der Waals surface area contributed by atoms with Crippen LogP contribution in [-0.4, -0.2) is 29.0 Å². The molecule has 0 saturated carbocycles.